The lowest BCUT2D eigenvalue weighted by Gasteiger charge is -2.18. The predicted octanol–water partition coefficient (Wildman–Crippen LogP) is 24.8. The fourth-order valence-electron chi connectivity index (χ4n) is 10.2. The SMILES string of the molecule is CC/C=C\C/C=C\C/C=C\C/C=C\C/C=C\C/C=C\CCCCCCCCCCCCCCCCC(=O)OCC(COC(=O)CCCCCCC/C=C\CCCC)OC(=O)CCCCCCCCCCC/C=C\CCCCCCCCCC. The summed E-state index contributed by atoms with van der Waals surface area (Å²) in [5.74, 6) is -0.875. The molecule has 0 aliphatic heterocycles. The molecule has 0 aromatic heterocycles. The first-order valence-electron chi connectivity index (χ1n) is 35.7. The van der Waals surface area contributed by atoms with Crippen molar-refractivity contribution in [3.63, 3.8) is 0 Å². The second-order valence-corrected chi connectivity index (χ2v) is 23.8. The van der Waals surface area contributed by atoms with Crippen LogP contribution in [-0.4, -0.2) is 37.2 Å². The zero-order valence-corrected chi connectivity index (χ0v) is 54.9. The maximum atomic E-state index is 12.9. The van der Waals surface area contributed by atoms with Gasteiger partial charge >= 0.3 is 17.9 Å². The second kappa shape index (κ2) is 70.8. The van der Waals surface area contributed by atoms with Crippen LogP contribution in [0.2, 0.25) is 0 Å². The number of ether oxygens (including phenoxy) is 3. The summed E-state index contributed by atoms with van der Waals surface area (Å²) in [6.07, 6.45) is 95.9. The molecule has 478 valence electrons. The molecule has 0 N–H and O–H groups in total. The molecule has 0 saturated heterocycles. The zero-order chi connectivity index (χ0) is 59.9. The molecular weight excluding hydrogens is 1020 g/mol. The summed E-state index contributed by atoms with van der Waals surface area (Å²) in [5.41, 5.74) is 0. The highest BCUT2D eigenvalue weighted by molar-refractivity contribution is 5.71. The molecule has 0 spiro atoms. The number of unbranched alkanes of at least 4 members (excludes halogenated alkanes) is 38. The minimum atomic E-state index is -0.782. The Balaban J connectivity index is 4.17. The van der Waals surface area contributed by atoms with Gasteiger partial charge in [0.15, 0.2) is 6.10 Å². The van der Waals surface area contributed by atoms with E-state index in [1.54, 1.807) is 0 Å². The molecule has 6 heteroatoms. The number of rotatable bonds is 65. The molecular formula is C77H134O6. The van der Waals surface area contributed by atoms with E-state index in [2.05, 4.69) is 118 Å². The Labute approximate surface area is 515 Å². The maximum Gasteiger partial charge on any atom is 0.306 e. The summed E-state index contributed by atoms with van der Waals surface area (Å²) < 4.78 is 17.0. The molecule has 0 saturated carbocycles. The Morgan fingerprint density at radius 1 is 0.253 bits per heavy atom. The fraction of sp³-hybridized carbons (Fsp3) is 0.753. The predicted molar refractivity (Wildman–Crippen MR) is 362 cm³/mol. The summed E-state index contributed by atoms with van der Waals surface area (Å²) in [7, 11) is 0. The molecule has 1 unspecified atom stereocenters. The molecule has 83 heavy (non-hydrogen) atoms. The van der Waals surface area contributed by atoms with Crippen molar-refractivity contribution < 1.29 is 28.6 Å². The monoisotopic (exact) mass is 1160 g/mol. The summed E-state index contributed by atoms with van der Waals surface area (Å²) in [4.78, 5) is 38.4. The number of allylic oxidation sites excluding steroid dienone is 16. The van der Waals surface area contributed by atoms with Gasteiger partial charge in [-0.05, 0) is 116 Å². The van der Waals surface area contributed by atoms with E-state index in [1.807, 2.05) is 0 Å². The van der Waals surface area contributed by atoms with Crippen LogP contribution in [0, 0.1) is 0 Å². The van der Waals surface area contributed by atoms with Gasteiger partial charge in [-0.1, -0.05) is 317 Å². The number of carbonyl (C=O) groups excluding carboxylic acids is 3. The third kappa shape index (κ3) is 69.0. The molecule has 0 aromatic carbocycles. The normalized spacial score (nSPS) is 12.7. The van der Waals surface area contributed by atoms with Crippen molar-refractivity contribution in [1.29, 1.82) is 0 Å². The topological polar surface area (TPSA) is 78.9 Å². The minimum Gasteiger partial charge on any atom is -0.462 e. The van der Waals surface area contributed by atoms with E-state index < -0.39 is 6.10 Å². The van der Waals surface area contributed by atoms with Crippen LogP contribution in [0.3, 0.4) is 0 Å². The smallest absolute Gasteiger partial charge is 0.306 e. The lowest BCUT2D eigenvalue weighted by Crippen LogP contribution is -2.30. The lowest BCUT2D eigenvalue weighted by atomic mass is 10.0. The summed E-state index contributed by atoms with van der Waals surface area (Å²) >= 11 is 0. The van der Waals surface area contributed by atoms with Gasteiger partial charge in [0.1, 0.15) is 13.2 Å². The van der Waals surface area contributed by atoms with Crippen LogP contribution in [0.15, 0.2) is 97.2 Å². The number of carbonyl (C=O) groups is 3. The van der Waals surface area contributed by atoms with Crippen molar-refractivity contribution in [2.24, 2.45) is 0 Å². The zero-order valence-electron chi connectivity index (χ0n) is 54.9. The van der Waals surface area contributed by atoms with Crippen LogP contribution < -0.4 is 0 Å². The van der Waals surface area contributed by atoms with Crippen LogP contribution in [0.4, 0.5) is 0 Å². The average molecular weight is 1160 g/mol. The van der Waals surface area contributed by atoms with E-state index in [1.165, 1.54) is 212 Å². The van der Waals surface area contributed by atoms with Crippen LogP contribution in [0.5, 0.6) is 0 Å². The van der Waals surface area contributed by atoms with Gasteiger partial charge in [0.25, 0.3) is 0 Å². The molecule has 0 amide bonds. The third-order valence-electron chi connectivity index (χ3n) is 15.5. The third-order valence-corrected chi connectivity index (χ3v) is 15.5. The van der Waals surface area contributed by atoms with Gasteiger partial charge in [0, 0.05) is 19.3 Å². The molecule has 6 nitrogen and oxygen atoms in total. The van der Waals surface area contributed by atoms with Crippen LogP contribution in [0.25, 0.3) is 0 Å². The highest BCUT2D eigenvalue weighted by atomic mass is 16.6. The first-order valence-corrected chi connectivity index (χ1v) is 35.7. The highest BCUT2D eigenvalue weighted by Crippen LogP contribution is 2.17. The molecule has 0 aliphatic carbocycles. The fourth-order valence-corrected chi connectivity index (χ4v) is 10.2. The van der Waals surface area contributed by atoms with Gasteiger partial charge in [-0.3, -0.25) is 14.4 Å². The van der Waals surface area contributed by atoms with E-state index in [4.69, 9.17) is 14.2 Å². The Hall–Kier alpha value is -3.67. The van der Waals surface area contributed by atoms with E-state index in [0.717, 1.165) is 103 Å². The molecule has 0 heterocycles. The largest absolute Gasteiger partial charge is 0.462 e. The van der Waals surface area contributed by atoms with Crippen LogP contribution in [0.1, 0.15) is 355 Å². The van der Waals surface area contributed by atoms with Gasteiger partial charge in [-0.25, -0.2) is 0 Å². The van der Waals surface area contributed by atoms with Crippen molar-refractivity contribution in [1.82, 2.24) is 0 Å². The van der Waals surface area contributed by atoms with Crippen molar-refractivity contribution in [3.8, 4) is 0 Å². The lowest BCUT2D eigenvalue weighted by molar-refractivity contribution is -0.167. The average Bonchev–Trinajstić information content (AvgIpc) is 3.48. The molecule has 0 rings (SSSR count). The minimum absolute atomic E-state index is 0.0780. The first-order chi connectivity index (χ1) is 41.0. The van der Waals surface area contributed by atoms with Crippen LogP contribution in [-0.2, 0) is 28.6 Å². The summed E-state index contributed by atoms with van der Waals surface area (Å²) in [5, 5.41) is 0. The molecule has 0 fully saturated rings. The summed E-state index contributed by atoms with van der Waals surface area (Å²) in [6, 6.07) is 0. The standard InChI is InChI=1S/C77H134O6/c1-4-7-10-13-16-19-22-24-26-28-30-32-33-34-35-36-37-38-39-40-41-42-43-45-46-48-50-52-55-58-61-64-67-70-76(79)82-73-74(72-81-75(78)69-66-63-60-57-54-21-18-15-12-9-6-3)83-77(80)71-68-65-62-59-56-53-51-49-47-44-31-29-27-25-23-20-17-14-11-8-5-2/h7,10,15-16,18-19,24,26,29-32,34-35,37-38,74H,4-6,8-9,11-14,17,20-23,25,27-28,33,36,39-73H2,1-3H3/b10-7-,18-15-,19-16-,26-24-,31-29-,32-30-,35-34-,38-37-. The van der Waals surface area contributed by atoms with E-state index in [0.29, 0.717) is 19.3 Å². The van der Waals surface area contributed by atoms with E-state index in [9.17, 15) is 14.4 Å². The number of esters is 3. The van der Waals surface area contributed by atoms with Gasteiger partial charge in [0.2, 0.25) is 0 Å². The number of hydrogen-bond donors (Lipinski definition) is 0. The highest BCUT2D eigenvalue weighted by Gasteiger charge is 2.19. The van der Waals surface area contributed by atoms with Crippen LogP contribution >= 0.6 is 0 Å². The Morgan fingerprint density at radius 3 is 0.783 bits per heavy atom. The molecule has 0 aliphatic rings. The Bertz CT molecular complexity index is 1610. The van der Waals surface area contributed by atoms with Crippen molar-refractivity contribution >= 4 is 17.9 Å². The Morgan fingerprint density at radius 2 is 0.482 bits per heavy atom. The van der Waals surface area contributed by atoms with Crippen molar-refractivity contribution in [3.05, 3.63) is 97.2 Å². The summed E-state index contributed by atoms with van der Waals surface area (Å²) in [6.45, 7) is 6.52. The molecule has 0 aromatic rings. The van der Waals surface area contributed by atoms with Crippen molar-refractivity contribution in [2.45, 2.75) is 361 Å². The quantitative estimate of drug-likeness (QED) is 0.0261. The van der Waals surface area contributed by atoms with E-state index in [-0.39, 0.29) is 31.1 Å². The van der Waals surface area contributed by atoms with Gasteiger partial charge in [-0.15, -0.1) is 0 Å². The molecule has 0 bridgehead atoms. The Kier molecular flexibility index (Phi) is 67.7. The second-order valence-electron chi connectivity index (χ2n) is 23.8. The van der Waals surface area contributed by atoms with Crippen molar-refractivity contribution in [2.75, 3.05) is 13.2 Å². The van der Waals surface area contributed by atoms with Gasteiger partial charge in [0.05, 0.1) is 0 Å². The molecule has 0 radical (unpaired) electrons. The number of hydrogen-bond acceptors (Lipinski definition) is 6. The first kappa shape index (κ1) is 79.3. The van der Waals surface area contributed by atoms with Gasteiger partial charge in [-0.2, -0.15) is 0 Å². The van der Waals surface area contributed by atoms with E-state index >= 15 is 0 Å². The van der Waals surface area contributed by atoms with Gasteiger partial charge < -0.3 is 14.2 Å². The maximum absolute atomic E-state index is 12.9. The molecule has 1 atom stereocenters.